The molecule has 0 saturated carbocycles. The van der Waals surface area contributed by atoms with Crippen LogP contribution in [0, 0.1) is 0 Å². The number of hydrogen-bond acceptors (Lipinski definition) is 2. The Labute approximate surface area is 81.1 Å². The zero-order chi connectivity index (χ0) is 8.97. The maximum absolute atomic E-state index is 10.6. The van der Waals surface area contributed by atoms with Crippen LogP contribution in [-0.4, -0.2) is 27.5 Å². The quantitative estimate of drug-likeness (QED) is 0.788. The summed E-state index contributed by atoms with van der Waals surface area (Å²) in [6, 6.07) is 7.06. The Kier molecular flexibility index (Phi) is 3.42. The molecule has 1 rings (SSSR count). The van der Waals surface area contributed by atoms with Crippen molar-refractivity contribution in [2.24, 2.45) is 0 Å². The van der Waals surface area contributed by atoms with Gasteiger partial charge in [0.1, 0.15) is 0 Å². The Hall–Kier alpha value is -0.692. The van der Waals surface area contributed by atoms with Gasteiger partial charge < -0.3 is 0 Å². The SMILES string of the molecule is CC(=O)Nc1cc[c]([Sb]=[O])cc1. The fourth-order valence-corrected chi connectivity index (χ4v) is 1.58. The molecule has 1 aromatic carbocycles. The summed E-state index contributed by atoms with van der Waals surface area (Å²) in [6.07, 6.45) is 0. The van der Waals surface area contributed by atoms with Gasteiger partial charge in [0.15, 0.2) is 0 Å². The molecule has 1 amide bonds. The number of amides is 1. The molecule has 0 aliphatic heterocycles. The van der Waals surface area contributed by atoms with E-state index in [4.69, 9.17) is 0 Å². The fourth-order valence-electron chi connectivity index (χ4n) is 0.809. The molecular weight excluding hydrogens is 264 g/mol. The zero-order valence-electron chi connectivity index (χ0n) is 6.57. The molecule has 0 aromatic heterocycles. The standard InChI is InChI=1S/C8H8NO.O.Sb/c1-7(10)9-8-5-3-2-4-6-8;;/h3-6H,1H3,(H,9,10);;. The van der Waals surface area contributed by atoms with E-state index in [1.165, 1.54) is 6.92 Å². The van der Waals surface area contributed by atoms with E-state index in [9.17, 15) is 7.81 Å². The Morgan fingerprint density at radius 2 is 1.92 bits per heavy atom. The Morgan fingerprint density at radius 1 is 1.33 bits per heavy atom. The van der Waals surface area contributed by atoms with Crippen LogP contribution >= 0.6 is 0 Å². The first-order chi connectivity index (χ1) is 5.72. The van der Waals surface area contributed by atoms with Crippen molar-refractivity contribution in [3.05, 3.63) is 24.3 Å². The van der Waals surface area contributed by atoms with Gasteiger partial charge >= 0.3 is 81.0 Å². The van der Waals surface area contributed by atoms with Crippen molar-refractivity contribution in [1.29, 1.82) is 0 Å². The van der Waals surface area contributed by atoms with E-state index in [1.807, 2.05) is 0 Å². The van der Waals surface area contributed by atoms with E-state index >= 15 is 0 Å². The predicted molar refractivity (Wildman–Crippen MR) is 46.8 cm³/mol. The van der Waals surface area contributed by atoms with Crippen LogP contribution in [-0.2, 0) is 7.81 Å². The first-order valence-corrected chi connectivity index (χ1v) is 5.75. The number of anilines is 1. The van der Waals surface area contributed by atoms with Gasteiger partial charge in [-0.25, -0.2) is 0 Å². The summed E-state index contributed by atoms with van der Waals surface area (Å²) >= 11 is -1.40. The number of carbonyl (C=O) groups excluding carboxylic acids is 1. The normalized spacial score (nSPS) is 9.08. The fraction of sp³-hybridized carbons (Fsp3) is 0.125. The molecule has 0 saturated heterocycles. The molecule has 0 atom stereocenters. The summed E-state index contributed by atoms with van der Waals surface area (Å²) < 4.78 is 11.4. The van der Waals surface area contributed by atoms with Crippen molar-refractivity contribution in [3.8, 4) is 0 Å². The molecule has 0 aliphatic carbocycles. The molecule has 0 heterocycles. The molecule has 0 spiro atoms. The number of rotatable bonds is 2. The molecular formula is C8H8NO2Sb. The topological polar surface area (TPSA) is 46.2 Å². The molecule has 4 heteroatoms. The summed E-state index contributed by atoms with van der Waals surface area (Å²) in [5.41, 5.74) is 0.746. The van der Waals surface area contributed by atoms with E-state index in [0.717, 1.165) is 9.20 Å². The summed E-state index contributed by atoms with van der Waals surface area (Å²) in [5.74, 6) is -0.0944. The summed E-state index contributed by atoms with van der Waals surface area (Å²) in [4.78, 5) is 10.6. The molecule has 62 valence electrons. The molecule has 12 heavy (non-hydrogen) atoms. The molecule has 0 radical (unpaired) electrons. The van der Waals surface area contributed by atoms with Crippen molar-refractivity contribution in [2.75, 3.05) is 5.32 Å². The third-order valence-corrected chi connectivity index (χ3v) is 2.75. The van der Waals surface area contributed by atoms with Crippen LogP contribution in [0.15, 0.2) is 24.3 Å². The van der Waals surface area contributed by atoms with Crippen LogP contribution in [0.1, 0.15) is 6.92 Å². The molecule has 0 fully saturated rings. The average Bonchev–Trinajstić information content (AvgIpc) is 2.05. The van der Waals surface area contributed by atoms with Gasteiger partial charge in [0.2, 0.25) is 0 Å². The Balaban J connectivity index is 2.77. The zero-order valence-corrected chi connectivity index (χ0v) is 9.13. The van der Waals surface area contributed by atoms with Crippen molar-refractivity contribution >= 4 is 36.7 Å². The second-order valence-electron chi connectivity index (χ2n) is 2.32. The second kappa shape index (κ2) is 4.36. The van der Waals surface area contributed by atoms with Crippen LogP contribution in [0.2, 0.25) is 0 Å². The molecule has 1 aromatic rings. The van der Waals surface area contributed by atoms with Crippen LogP contribution in [0.3, 0.4) is 0 Å². The monoisotopic (exact) mass is 271 g/mol. The van der Waals surface area contributed by atoms with Crippen LogP contribution in [0.4, 0.5) is 5.69 Å². The summed E-state index contributed by atoms with van der Waals surface area (Å²) in [7, 11) is 0. The average molecular weight is 272 g/mol. The van der Waals surface area contributed by atoms with Crippen molar-refractivity contribution in [1.82, 2.24) is 0 Å². The van der Waals surface area contributed by atoms with Gasteiger partial charge in [-0.2, -0.15) is 0 Å². The van der Waals surface area contributed by atoms with Crippen molar-refractivity contribution in [2.45, 2.75) is 6.92 Å². The number of benzene rings is 1. The Bertz CT molecular complexity index is 294. The van der Waals surface area contributed by atoms with Gasteiger partial charge in [-0.15, -0.1) is 0 Å². The first-order valence-electron chi connectivity index (χ1n) is 3.43. The van der Waals surface area contributed by atoms with Crippen molar-refractivity contribution < 1.29 is 7.81 Å². The van der Waals surface area contributed by atoms with E-state index < -0.39 is 21.6 Å². The maximum atomic E-state index is 10.6. The van der Waals surface area contributed by atoms with E-state index in [-0.39, 0.29) is 5.91 Å². The minimum atomic E-state index is -1.40. The van der Waals surface area contributed by atoms with Gasteiger partial charge in [0, 0.05) is 0 Å². The molecule has 0 aliphatic rings. The molecule has 0 bridgehead atoms. The van der Waals surface area contributed by atoms with Gasteiger partial charge in [-0.1, -0.05) is 0 Å². The number of nitrogens with one attached hydrogen (secondary N) is 1. The van der Waals surface area contributed by atoms with Crippen LogP contribution < -0.4 is 8.83 Å². The minimum absolute atomic E-state index is 0.0944. The third kappa shape index (κ3) is 2.74. The van der Waals surface area contributed by atoms with E-state index in [2.05, 4.69) is 5.32 Å². The van der Waals surface area contributed by atoms with Gasteiger partial charge in [0.25, 0.3) is 0 Å². The molecule has 3 nitrogen and oxygen atoms in total. The van der Waals surface area contributed by atoms with Crippen molar-refractivity contribution in [3.63, 3.8) is 0 Å². The molecule has 1 N–H and O–H groups in total. The predicted octanol–water partition coefficient (Wildman–Crippen LogP) is 0.320. The van der Waals surface area contributed by atoms with Gasteiger partial charge in [-0.3, -0.25) is 0 Å². The van der Waals surface area contributed by atoms with E-state index in [1.54, 1.807) is 24.3 Å². The number of carbonyl (C=O) groups is 1. The van der Waals surface area contributed by atoms with Crippen LogP contribution in [0.5, 0.6) is 0 Å². The Morgan fingerprint density at radius 3 is 2.33 bits per heavy atom. The summed E-state index contributed by atoms with van der Waals surface area (Å²) in [6.45, 7) is 1.46. The number of hydrogen-bond donors (Lipinski definition) is 1. The summed E-state index contributed by atoms with van der Waals surface area (Å²) in [5, 5.41) is 2.63. The van der Waals surface area contributed by atoms with Gasteiger partial charge in [0.05, 0.1) is 0 Å². The van der Waals surface area contributed by atoms with E-state index in [0.29, 0.717) is 0 Å². The van der Waals surface area contributed by atoms with Gasteiger partial charge in [-0.05, 0) is 0 Å². The van der Waals surface area contributed by atoms with Crippen LogP contribution in [0.25, 0.3) is 0 Å². The molecule has 0 unspecified atom stereocenters. The first kappa shape index (κ1) is 9.40. The second-order valence-corrected chi connectivity index (χ2v) is 4.31. The third-order valence-electron chi connectivity index (χ3n) is 1.29.